The zero-order valence-electron chi connectivity index (χ0n) is 12.0. The molecule has 1 aromatic carbocycles. The van der Waals surface area contributed by atoms with Gasteiger partial charge in [-0.3, -0.25) is 19.2 Å². The van der Waals surface area contributed by atoms with Crippen molar-refractivity contribution < 1.29 is 33.3 Å². The molecule has 3 heterocycles. The Morgan fingerprint density at radius 3 is 3.00 bits per heavy atom. The summed E-state index contributed by atoms with van der Waals surface area (Å²) in [5.74, 6) is 0. The summed E-state index contributed by atoms with van der Waals surface area (Å²) in [6.07, 6.45) is -2.51. The molecule has 0 bridgehead atoms. The van der Waals surface area contributed by atoms with Gasteiger partial charge in [0, 0.05) is 12.1 Å². The predicted molar refractivity (Wildman–Crippen MR) is 77.0 cm³/mol. The largest absolute Gasteiger partial charge is 0.472 e. The van der Waals surface area contributed by atoms with Gasteiger partial charge in [-0.2, -0.15) is 0 Å². The quantitative estimate of drug-likeness (QED) is 0.451. The molecule has 2 aliphatic heterocycles. The molecule has 0 amide bonds. The number of phosphoric ester groups is 1. The van der Waals surface area contributed by atoms with Crippen LogP contribution in [-0.4, -0.2) is 49.4 Å². The molecule has 1 unspecified atom stereocenters. The van der Waals surface area contributed by atoms with Crippen LogP contribution >= 0.6 is 7.82 Å². The fraction of sp³-hybridized carbons (Fsp3) is 0.417. The number of hydrogen-bond acceptors (Lipinski definition) is 8. The van der Waals surface area contributed by atoms with E-state index in [1.54, 1.807) is 0 Å². The molecule has 11 nitrogen and oxygen atoms in total. The molecule has 2 saturated heterocycles. The normalized spacial score (nSPS) is 35.9. The predicted octanol–water partition coefficient (Wildman–Crippen LogP) is 0.719. The van der Waals surface area contributed by atoms with Crippen molar-refractivity contribution in [2.45, 2.75) is 24.5 Å². The van der Waals surface area contributed by atoms with Crippen molar-refractivity contribution in [1.29, 1.82) is 0 Å². The molecule has 0 spiro atoms. The highest BCUT2D eigenvalue weighted by Crippen LogP contribution is 2.52. The number of rotatable bonds is 2. The molecule has 2 N–H and O–H groups in total. The van der Waals surface area contributed by atoms with Crippen molar-refractivity contribution in [3.63, 3.8) is 0 Å². The van der Waals surface area contributed by atoms with E-state index in [9.17, 15) is 24.7 Å². The molecule has 0 radical (unpaired) electrons. The maximum absolute atomic E-state index is 11.5. The molecule has 24 heavy (non-hydrogen) atoms. The number of nitrogens with zero attached hydrogens (tertiary/aromatic N) is 3. The molecule has 2 aliphatic rings. The summed E-state index contributed by atoms with van der Waals surface area (Å²) in [5.41, 5.74) is 0.767. The van der Waals surface area contributed by atoms with E-state index in [0.29, 0.717) is 11.0 Å². The van der Waals surface area contributed by atoms with E-state index < -0.39 is 37.3 Å². The van der Waals surface area contributed by atoms with Crippen LogP contribution < -0.4 is 0 Å². The second kappa shape index (κ2) is 5.31. The van der Waals surface area contributed by atoms with Crippen LogP contribution in [0.4, 0.5) is 5.69 Å². The summed E-state index contributed by atoms with van der Waals surface area (Å²) >= 11 is 0. The van der Waals surface area contributed by atoms with Crippen LogP contribution in [0.3, 0.4) is 0 Å². The summed E-state index contributed by atoms with van der Waals surface area (Å²) < 4.78 is 28.2. The third kappa shape index (κ3) is 2.42. The summed E-state index contributed by atoms with van der Waals surface area (Å²) in [4.78, 5) is 23.7. The number of non-ortho nitro benzene ring substituents is 1. The smallest absolute Gasteiger partial charge is 0.386 e. The van der Waals surface area contributed by atoms with Crippen molar-refractivity contribution in [3.05, 3.63) is 34.6 Å². The van der Waals surface area contributed by atoms with Crippen molar-refractivity contribution in [3.8, 4) is 0 Å². The van der Waals surface area contributed by atoms with E-state index in [4.69, 9.17) is 9.26 Å². The van der Waals surface area contributed by atoms with Crippen LogP contribution in [0.25, 0.3) is 11.0 Å². The minimum atomic E-state index is -4.20. The van der Waals surface area contributed by atoms with Crippen molar-refractivity contribution in [1.82, 2.24) is 9.55 Å². The van der Waals surface area contributed by atoms with Crippen molar-refractivity contribution in [2.24, 2.45) is 0 Å². The third-order valence-corrected chi connectivity index (χ3v) is 4.99. The number of ether oxygens (including phenoxy) is 1. The van der Waals surface area contributed by atoms with E-state index in [2.05, 4.69) is 9.51 Å². The minimum Gasteiger partial charge on any atom is -0.386 e. The second-order valence-corrected chi connectivity index (χ2v) is 6.88. The Labute approximate surface area is 134 Å². The molecule has 4 rings (SSSR count). The van der Waals surface area contributed by atoms with Gasteiger partial charge in [0.1, 0.15) is 18.3 Å². The fourth-order valence-electron chi connectivity index (χ4n) is 2.90. The number of hydrogen-bond donors (Lipinski definition) is 2. The van der Waals surface area contributed by atoms with Crippen LogP contribution in [-0.2, 0) is 18.3 Å². The molecular weight excluding hydrogens is 345 g/mol. The summed E-state index contributed by atoms with van der Waals surface area (Å²) in [7, 11) is -4.20. The average molecular weight is 357 g/mol. The first-order chi connectivity index (χ1) is 11.4. The number of aliphatic hydroxyl groups is 1. The second-order valence-electron chi connectivity index (χ2n) is 5.47. The van der Waals surface area contributed by atoms with E-state index >= 15 is 0 Å². The van der Waals surface area contributed by atoms with Gasteiger partial charge in [0.25, 0.3) is 5.69 Å². The third-order valence-electron chi connectivity index (χ3n) is 4.01. The van der Waals surface area contributed by atoms with Crippen LogP contribution in [0.2, 0.25) is 0 Å². The standard InChI is InChI=1S/C12H12N3O8P/c16-10-11-9(4-21-24(19,20)23-11)22-12(10)14-5-13-7-3-6(15(17)18)1-2-8(7)14/h1-3,5,9-12,16H,4H2,(H,19,20)/t9-,10-,11-,12-/m1/s1. The SMILES string of the molecule is O=[N+]([O-])c1ccc2c(c1)ncn2[C@@H]1O[C@@H]2COP(=O)(O)O[C@H]2[C@H]1O. The molecule has 1 aromatic heterocycles. The number of fused-ring (bicyclic) bond motifs is 2. The lowest BCUT2D eigenvalue weighted by Gasteiger charge is -2.27. The lowest BCUT2D eigenvalue weighted by Crippen LogP contribution is -2.39. The van der Waals surface area contributed by atoms with Crippen LogP contribution in [0.15, 0.2) is 24.5 Å². The molecule has 128 valence electrons. The van der Waals surface area contributed by atoms with Gasteiger partial charge >= 0.3 is 7.82 Å². The maximum Gasteiger partial charge on any atom is 0.472 e. The van der Waals surface area contributed by atoms with E-state index in [0.717, 1.165) is 0 Å². The van der Waals surface area contributed by atoms with Gasteiger partial charge in [-0.05, 0) is 6.07 Å². The Hall–Kier alpha value is -1.88. The van der Waals surface area contributed by atoms with Gasteiger partial charge in [-0.25, -0.2) is 9.55 Å². The Morgan fingerprint density at radius 2 is 2.25 bits per heavy atom. The Balaban J connectivity index is 1.68. The number of nitro benzene ring substituents is 1. The summed E-state index contributed by atoms with van der Waals surface area (Å²) in [6, 6.07) is 4.12. The van der Waals surface area contributed by atoms with E-state index in [1.807, 2.05) is 0 Å². The van der Waals surface area contributed by atoms with Crippen molar-refractivity contribution >= 4 is 24.5 Å². The van der Waals surface area contributed by atoms with Gasteiger partial charge in [0.2, 0.25) is 0 Å². The topological polar surface area (TPSA) is 146 Å². The molecule has 2 fully saturated rings. The maximum atomic E-state index is 11.5. The molecule has 0 aliphatic carbocycles. The Bertz CT molecular complexity index is 869. The zero-order valence-corrected chi connectivity index (χ0v) is 12.9. The van der Waals surface area contributed by atoms with Gasteiger partial charge < -0.3 is 19.3 Å². The van der Waals surface area contributed by atoms with Gasteiger partial charge in [-0.15, -0.1) is 0 Å². The van der Waals surface area contributed by atoms with Gasteiger partial charge in [0.15, 0.2) is 6.23 Å². The highest BCUT2D eigenvalue weighted by Gasteiger charge is 2.52. The van der Waals surface area contributed by atoms with E-state index in [1.165, 1.54) is 29.1 Å². The highest BCUT2D eigenvalue weighted by molar-refractivity contribution is 7.47. The molecular formula is C12H12N3O8P. The first-order valence-corrected chi connectivity index (χ1v) is 8.45. The summed E-state index contributed by atoms with van der Waals surface area (Å²) in [6.45, 7) is -0.190. The zero-order chi connectivity index (χ0) is 17.1. The lowest BCUT2D eigenvalue weighted by molar-refractivity contribution is -0.384. The molecule has 2 aromatic rings. The number of aliphatic hydroxyl groups excluding tert-OH is 1. The Morgan fingerprint density at radius 1 is 1.46 bits per heavy atom. The number of nitro groups is 1. The number of phosphoric acid groups is 1. The minimum absolute atomic E-state index is 0.104. The Kier molecular flexibility index (Phi) is 3.46. The van der Waals surface area contributed by atoms with Gasteiger partial charge in [0.05, 0.1) is 28.9 Å². The highest BCUT2D eigenvalue weighted by atomic mass is 31.2. The monoisotopic (exact) mass is 357 g/mol. The lowest BCUT2D eigenvalue weighted by atomic mass is 10.1. The van der Waals surface area contributed by atoms with Crippen LogP contribution in [0, 0.1) is 10.1 Å². The average Bonchev–Trinajstić information content (AvgIpc) is 3.07. The van der Waals surface area contributed by atoms with Crippen LogP contribution in [0.5, 0.6) is 0 Å². The van der Waals surface area contributed by atoms with Gasteiger partial charge in [-0.1, -0.05) is 0 Å². The fourth-order valence-corrected chi connectivity index (χ4v) is 3.87. The van der Waals surface area contributed by atoms with Crippen molar-refractivity contribution in [2.75, 3.05) is 6.61 Å². The molecule has 0 saturated carbocycles. The first kappa shape index (κ1) is 15.6. The number of benzene rings is 1. The van der Waals surface area contributed by atoms with E-state index in [-0.39, 0.29) is 12.3 Å². The molecule has 5 atom stereocenters. The molecule has 12 heteroatoms. The number of imidazole rings is 1. The number of aromatic nitrogens is 2. The van der Waals surface area contributed by atoms with Crippen LogP contribution in [0.1, 0.15) is 6.23 Å². The summed E-state index contributed by atoms with van der Waals surface area (Å²) in [5, 5.41) is 21.2. The first-order valence-electron chi connectivity index (χ1n) is 6.96.